The van der Waals surface area contributed by atoms with Crippen LogP contribution in [0.15, 0.2) is 47.1 Å². The summed E-state index contributed by atoms with van der Waals surface area (Å²) in [5, 5.41) is 2.80. The highest BCUT2D eigenvalue weighted by atomic mass is 16.5. The normalized spacial score (nSPS) is 10.5. The summed E-state index contributed by atoms with van der Waals surface area (Å²) in [6, 6.07) is 10.8. The fraction of sp³-hybridized carbons (Fsp3) is 0.429. The van der Waals surface area contributed by atoms with Crippen LogP contribution in [0, 0.1) is 0 Å². The van der Waals surface area contributed by atoms with E-state index in [0.717, 1.165) is 30.8 Å². The van der Waals surface area contributed by atoms with Gasteiger partial charge in [-0.25, -0.2) is 0 Å². The second kappa shape index (κ2) is 11.1. The molecule has 2 aromatic rings. The molecule has 0 aliphatic heterocycles. The third kappa shape index (κ3) is 7.13. The molecule has 0 bridgehead atoms. The van der Waals surface area contributed by atoms with E-state index in [4.69, 9.17) is 9.15 Å². The number of rotatable bonds is 12. The Balaban J connectivity index is 1.65. The number of hydrogen-bond donors (Lipinski definition) is 1. The Hall–Kier alpha value is -2.56. The van der Waals surface area contributed by atoms with Crippen molar-refractivity contribution < 1.29 is 18.7 Å². The zero-order valence-corrected chi connectivity index (χ0v) is 15.3. The smallest absolute Gasteiger partial charge is 0.220 e. The van der Waals surface area contributed by atoms with Crippen molar-refractivity contribution in [3.63, 3.8) is 0 Å². The molecule has 0 radical (unpaired) electrons. The minimum Gasteiger partial charge on any atom is -0.494 e. The maximum Gasteiger partial charge on any atom is 0.220 e. The Morgan fingerprint density at radius 1 is 1.08 bits per heavy atom. The first-order chi connectivity index (χ1) is 12.7. The van der Waals surface area contributed by atoms with E-state index in [0.29, 0.717) is 25.1 Å². The fourth-order valence-electron chi connectivity index (χ4n) is 2.52. The Kier molecular flexibility index (Phi) is 8.46. The highest BCUT2D eigenvalue weighted by Gasteiger charge is 2.09. The average Bonchev–Trinajstić information content (AvgIpc) is 3.17. The third-order valence-electron chi connectivity index (χ3n) is 4.05. The van der Waals surface area contributed by atoms with Gasteiger partial charge in [-0.15, -0.1) is 0 Å². The molecule has 1 aromatic heterocycles. The standard InChI is InChI=1S/C21H27NO4/c1-2-3-4-15-25-19-9-7-17(8-10-19)20(23)11-12-21(24)22-14-13-18-6-5-16-26-18/h5-10,16H,2-4,11-15H2,1H3,(H,22,24). The van der Waals surface area contributed by atoms with Crippen LogP contribution in [0.1, 0.15) is 55.1 Å². The molecule has 1 N–H and O–H groups in total. The van der Waals surface area contributed by atoms with Crippen molar-refractivity contribution in [3.8, 4) is 5.75 Å². The highest BCUT2D eigenvalue weighted by Crippen LogP contribution is 2.14. The van der Waals surface area contributed by atoms with Crippen LogP contribution >= 0.6 is 0 Å². The number of Topliss-reactive ketones (excluding diaryl/α,β-unsaturated/α-hetero) is 1. The quantitative estimate of drug-likeness (QED) is 0.457. The largest absolute Gasteiger partial charge is 0.494 e. The Morgan fingerprint density at radius 3 is 2.58 bits per heavy atom. The van der Waals surface area contributed by atoms with Crippen LogP contribution in [-0.2, 0) is 11.2 Å². The van der Waals surface area contributed by atoms with Crippen molar-refractivity contribution in [2.75, 3.05) is 13.2 Å². The Labute approximate surface area is 154 Å². The van der Waals surface area contributed by atoms with Crippen molar-refractivity contribution in [3.05, 3.63) is 54.0 Å². The molecular formula is C21H27NO4. The summed E-state index contributed by atoms with van der Waals surface area (Å²) in [6.45, 7) is 3.35. The van der Waals surface area contributed by atoms with Gasteiger partial charge < -0.3 is 14.5 Å². The zero-order chi connectivity index (χ0) is 18.6. The van der Waals surface area contributed by atoms with Crippen molar-refractivity contribution >= 4 is 11.7 Å². The van der Waals surface area contributed by atoms with Gasteiger partial charge in [-0.05, 0) is 42.8 Å². The van der Waals surface area contributed by atoms with Gasteiger partial charge in [0.25, 0.3) is 0 Å². The minimum absolute atomic E-state index is 0.0382. The number of carbonyl (C=O) groups excluding carboxylic acids is 2. The van der Waals surface area contributed by atoms with Gasteiger partial charge in [0.2, 0.25) is 5.91 Å². The average molecular weight is 357 g/mol. The van der Waals surface area contributed by atoms with Gasteiger partial charge >= 0.3 is 0 Å². The molecule has 0 spiro atoms. The van der Waals surface area contributed by atoms with Crippen LogP contribution < -0.4 is 10.1 Å². The van der Waals surface area contributed by atoms with E-state index < -0.39 is 0 Å². The number of furan rings is 1. The highest BCUT2D eigenvalue weighted by molar-refractivity contribution is 5.98. The molecule has 0 saturated carbocycles. The lowest BCUT2D eigenvalue weighted by Gasteiger charge is -2.07. The van der Waals surface area contributed by atoms with Crippen LogP contribution in [0.5, 0.6) is 5.75 Å². The molecule has 1 amide bonds. The van der Waals surface area contributed by atoms with Crippen molar-refractivity contribution in [2.45, 2.75) is 45.4 Å². The maximum absolute atomic E-state index is 12.2. The monoisotopic (exact) mass is 357 g/mol. The second-order valence-corrected chi connectivity index (χ2v) is 6.18. The Bertz CT molecular complexity index is 662. The lowest BCUT2D eigenvalue weighted by atomic mass is 10.1. The summed E-state index contributed by atoms with van der Waals surface area (Å²) in [5.74, 6) is 1.44. The second-order valence-electron chi connectivity index (χ2n) is 6.18. The van der Waals surface area contributed by atoms with Crippen LogP contribution in [0.3, 0.4) is 0 Å². The number of benzene rings is 1. The zero-order valence-electron chi connectivity index (χ0n) is 15.3. The lowest BCUT2D eigenvalue weighted by molar-refractivity contribution is -0.121. The molecule has 0 fully saturated rings. The van der Waals surface area contributed by atoms with Crippen molar-refractivity contribution in [1.29, 1.82) is 0 Å². The van der Waals surface area contributed by atoms with Crippen LogP contribution in [0.2, 0.25) is 0 Å². The fourth-order valence-corrected chi connectivity index (χ4v) is 2.52. The van der Waals surface area contributed by atoms with Gasteiger partial charge in [-0.2, -0.15) is 0 Å². The summed E-state index contributed by atoms with van der Waals surface area (Å²) in [5.41, 5.74) is 0.606. The summed E-state index contributed by atoms with van der Waals surface area (Å²) in [6.07, 6.45) is 5.98. The van der Waals surface area contributed by atoms with Gasteiger partial charge in [0, 0.05) is 31.4 Å². The predicted molar refractivity (Wildman–Crippen MR) is 100 cm³/mol. The minimum atomic E-state index is -0.124. The first-order valence-corrected chi connectivity index (χ1v) is 9.24. The summed E-state index contributed by atoms with van der Waals surface area (Å²) >= 11 is 0. The number of amides is 1. The summed E-state index contributed by atoms with van der Waals surface area (Å²) in [7, 11) is 0. The van der Waals surface area contributed by atoms with Gasteiger partial charge in [-0.3, -0.25) is 9.59 Å². The molecule has 5 heteroatoms. The molecule has 0 unspecified atom stereocenters. The van der Waals surface area contributed by atoms with Crippen molar-refractivity contribution in [1.82, 2.24) is 5.32 Å². The molecule has 2 rings (SSSR count). The lowest BCUT2D eigenvalue weighted by Crippen LogP contribution is -2.25. The first-order valence-electron chi connectivity index (χ1n) is 9.24. The van der Waals surface area contributed by atoms with E-state index in [1.807, 2.05) is 24.3 Å². The van der Waals surface area contributed by atoms with Gasteiger partial charge in [-0.1, -0.05) is 19.8 Å². The van der Waals surface area contributed by atoms with Crippen LogP contribution in [-0.4, -0.2) is 24.8 Å². The van der Waals surface area contributed by atoms with Gasteiger partial charge in [0.15, 0.2) is 5.78 Å². The van der Waals surface area contributed by atoms with E-state index in [2.05, 4.69) is 12.2 Å². The Morgan fingerprint density at radius 2 is 1.88 bits per heavy atom. The van der Waals surface area contributed by atoms with Crippen molar-refractivity contribution in [2.24, 2.45) is 0 Å². The third-order valence-corrected chi connectivity index (χ3v) is 4.05. The molecule has 1 heterocycles. The molecule has 0 saturated heterocycles. The van der Waals surface area contributed by atoms with Crippen LogP contribution in [0.25, 0.3) is 0 Å². The molecule has 140 valence electrons. The van der Waals surface area contributed by atoms with E-state index in [9.17, 15) is 9.59 Å². The van der Waals surface area contributed by atoms with E-state index >= 15 is 0 Å². The first kappa shape index (κ1) is 19.8. The number of ketones is 1. The van der Waals surface area contributed by atoms with Crippen LogP contribution in [0.4, 0.5) is 0 Å². The molecule has 1 aromatic carbocycles. The molecule has 0 atom stereocenters. The molecule has 5 nitrogen and oxygen atoms in total. The van der Waals surface area contributed by atoms with E-state index in [1.54, 1.807) is 18.4 Å². The molecular weight excluding hydrogens is 330 g/mol. The topological polar surface area (TPSA) is 68.5 Å². The van der Waals surface area contributed by atoms with E-state index in [1.165, 1.54) is 0 Å². The number of carbonyl (C=O) groups is 2. The number of unbranched alkanes of at least 4 members (excludes halogenated alkanes) is 2. The number of ether oxygens (including phenoxy) is 1. The molecule has 0 aliphatic rings. The molecule has 0 aliphatic carbocycles. The van der Waals surface area contributed by atoms with Gasteiger partial charge in [0.05, 0.1) is 12.9 Å². The number of nitrogens with one attached hydrogen (secondary N) is 1. The SMILES string of the molecule is CCCCCOc1ccc(C(=O)CCC(=O)NCCc2ccco2)cc1. The van der Waals surface area contributed by atoms with E-state index in [-0.39, 0.29) is 24.5 Å². The van der Waals surface area contributed by atoms with Gasteiger partial charge in [0.1, 0.15) is 11.5 Å². The molecule has 26 heavy (non-hydrogen) atoms. The predicted octanol–water partition coefficient (Wildman–Crippen LogP) is 4.17. The summed E-state index contributed by atoms with van der Waals surface area (Å²) < 4.78 is 10.8. The summed E-state index contributed by atoms with van der Waals surface area (Å²) in [4.78, 5) is 24.0. The number of hydrogen-bond acceptors (Lipinski definition) is 4. The maximum atomic E-state index is 12.2.